The van der Waals surface area contributed by atoms with Gasteiger partial charge in [-0.1, -0.05) is 0 Å². The summed E-state index contributed by atoms with van der Waals surface area (Å²) in [7, 11) is 0. The van der Waals surface area contributed by atoms with E-state index in [0.29, 0.717) is 36.6 Å². The lowest BCUT2D eigenvalue weighted by molar-refractivity contribution is -0.185. The minimum atomic E-state index is -4.08. The van der Waals surface area contributed by atoms with Gasteiger partial charge in [-0.25, -0.2) is 0 Å². The van der Waals surface area contributed by atoms with Crippen molar-refractivity contribution in [2.45, 2.75) is 44.4 Å². The molecule has 1 heterocycles. The third kappa shape index (κ3) is 3.04. The van der Waals surface area contributed by atoms with Crippen LogP contribution in [0.3, 0.4) is 0 Å². The maximum absolute atomic E-state index is 12.6. The van der Waals surface area contributed by atoms with E-state index in [1.165, 1.54) is 0 Å². The van der Waals surface area contributed by atoms with E-state index in [2.05, 4.69) is 0 Å². The van der Waals surface area contributed by atoms with Crippen LogP contribution in [-0.2, 0) is 6.42 Å². The molecule has 0 saturated heterocycles. The Morgan fingerprint density at radius 2 is 1.86 bits per heavy atom. The number of alkyl halides is 3. The van der Waals surface area contributed by atoms with E-state index in [1.54, 1.807) is 6.07 Å². The molecule has 2 N–H and O–H groups in total. The first kappa shape index (κ1) is 14.4. The minimum absolute atomic E-state index is 0.137. The molecule has 0 amide bonds. The van der Waals surface area contributed by atoms with Gasteiger partial charge >= 0.3 is 6.18 Å². The number of hydrogen-bond acceptors (Lipinski definition) is 3. The number of fused-ring (bicyclic) bond motifs is 1. The first-order valence-electron chi connectivity index (χ1n) is 7.22. The van der Waals surface area contributed by atoms with Gasteiger partial charge in [0.25, 0.3) is 0 Å². The molecule has 1 fully saturated rings. The Morgan fingerprint density at radius 1 is 1.14 bits per heavy atom. The van der Waals surface area contributed by atoms with Crippen molar-refractivity contribution in [2.75, 3.05) is 12.3 Å². The van der Waals surface area contributed by atoms with Gasteiger partial charge in [-0.3, -0.25) is 0 Å². The number of benzene rings is 1. The molecular weight excluding hydrogens is 283 g/mol. The second-order valence-corrected chi connectivity index (χ2v) is 5.73. The average Bonchev–Trinajstić information content (AvgIpc) is 2.87. The Labute approximate surface area is 121 Å². The lowest BCUT2D eigenvalue weighted by atomic mass is 9.87. The summed E-state index contributed by atoms with van der Waals surface area (Å²) in [5.74, 6) is 0.158. The van der Waals surface area contributed by atoms with Gasteiger partial charge in [0.2, 0.25) is 0 Å². The van der Waals surface area contributed by atoms with Crippen LogP contribution in [-0.4, -0.2) is 18.9 Å². The van der Waals surface area contributed by atoms with Crippen LogP contribution >= 0.6 is 0 Å². The highest BCUT2D eigenvalue weighted by molar-refractivity contribution is 5.62. The normalized spacial score (nSPS) is 25.3. The summed E-state index contributed by atoms with van der Waals surface area (Å²) in [6.07, 6.45) is -2.33. The van der Waals surface area contributed by atoms with Gasteiger partial charge in [-0.05, 0) is 31.7 Å². The summed E-state index contributed by atoms with van der Waals surface area (Å²) in [5.41, 5.74) is 7.44. The smallest absolute Gasteiger partial charge is 0.391 e. The van der Waals surface area contributed by atoms with E-state index in [-0.39, 0.29) is 18.9 Å². The van der Waals surface area contributed by atoms with Crippen molar-refractivity contribution >= 4 is 5.69 Å². The average molecular weight is 301 g/mol. The Morgan fingerprint density at radius 3 is 2.52 bits per heavy atom. The Balaban J connectivity index is 1.62. The third-order valence-corrected chi connectivity index (χ3v) is 4.23. The van der Waals surface area contributed by atoms with Crippen molar-refractivity contribution in [1.82, 2.24) is 0 Å². The lowest BCUT2D eigenvalue weighted by Gasteiger charge is -2.30. The van der Waals surface area contributed by atoms with E-state index >= 15 is 0 Å². The molecule has 1 aromatic carbocycles. The van der Waals surface area contributed by atoms with Crippen molar-refractivity contribution < 1.29 is 22.6 Å². The predicted molar refractivity (Wildman–Crippen MR) is 72.5 cm³/mol. The molecule has 0 bridgehead atoms. The third-order valence-electron chi connectivity index (χ3n) is 4.23. The number of anilines is 1. The molecule has 3 nitrogen and oxygen atoms in total. The van der Waals surface area contributed by atoms with Crippen LogP contribution in [0.5, 0.6) is 11.5 Å². The van der Waals surface area contributed by atoms with Gasteiger partial charge in [0, 0.05) is 18.1 Å². The zero-order valence-corrected chi connectivity index (χ0v) is 11.6. The molecule has 6 heteroatoms. The molecule has 1 aromatic rings. The Kier molecular flexibility index (Phi) is 3.63. The highest BCUT2D eigenvalue weighted by atomic mass is 19.4. The summed E-state index contributed by atoms with van der Waals surface area (Å²) >= 11 is 0. The molecule has 0 spiro atoms. The minimum Gasteiger partial charge on any atom is -0.491 e. The standard InChI is InChI=1S/C15H18F3NO2/c16-15(17,18)10-1-3-11(4-2-10)21-12-7-9-5-6-20-14(9)13(19)8-12/h7-8,10-11H,1-6,19H2/t10-,11-. The molecule has 2 aliphatic rings. The topological polar surface area (TPSA) is 44.5 Å². The van der Waals surface area contributed by atoms with Crippen LogP contribution in [0, 0.1) is 5.92 Å². The Hall–Kier alpha value is -1.59. The monoisotopic (exact) mass is 301 g/mol. The lowest BCUT2D eigenvalue weighted by Crippen LogP contribution is -2.31. The van der Waals surface area contributed by atoms with Gasteiger partial charge in [-0.2, -0.15) is 13.2 Å². The number of nitrogens with two attached hydrogens (primary N) is 1. The molecule has 1 aliphatic heterocycles. The van der Waals surface area contributed by atoms with Crippen molar-refractivity contribution in [3.8, 4) is 11.5 Å². The van der Waals surface area contributed by atoms with Crippen molar-refractivity contribution in [3.63, 3.8) is 0 Å². The quantitative estimate of drug-likeness (QED) is 0.847. The molecule has 0 aromatic heterocycles. The highest BCUT2D eigenvalue weighted by Crippen LogP contribution is 2.40. The van der Waals surface area contributed by atoms with Gasteiger partial charge < -0.3 is 15.2 Å². The van der Waals surface area contributed by atoms with E-state index in [1.807, 2.05) is 6.07 Å². The first-order valence-corrected chi connectivity index (χ1v) is 7.22. The van der Waals surface area contributed by atoms with E-state index in [0.717, 1.165) is 12.0 Å². The van der Waals surface area contributed by atoms with Crippen LogP contribution < -0.4 is 15.2 Å². The summed E-state index contributed by atoms with van der Waals surface area (Å²) in [4.78, 5) is 0. The maximum atomic E-state index is 12.6. The second kappa shape index (κ2) is 5.31. The second-order valence-electron chi connectivity index (χ2n) is 5.73. The molecule has 0 radical (unpaired) electrons. The molecule has 3 rings (SSSR count). The van der Waals surface area contributed by atoms with Crippen LogP contribution in [0.1, 0.15) is 31.2 Å². The fraction of sp³-hybridized carbons (Fsp3) is 0.600. The fourth-order valence-corrected chi connectivity index (χ4v) is 3.08. The number of halogens is 3. The molecule has 116 valence electrons. The molecule has 21 heavy (non-hydrogen) atoms. The summed E-state index contributed by atoms with van der Waals surface area (Å²) < 4.78 is 49.1. The van der Waals surface area contributed by atoms with Gasteiger partial charge in [-0.15, -0.1) is 0 Å². The summed E-state index contributed by atoms with van der Waals surface area (Å²) in [6.45, 7) is 0.611. The molecular formula is C15H18F3NO2. The van der Waals surface area contributed by atoms with Gasteiger partial charge in [0.05, 0.1) is 24.3 Å². The molecule has 1 aliphatic carbocycles. The predicted octanol–water partition coefficient (Wildman–Crippen LogP) is 3.70. The van der Waals surface area contributed by atoms with Gasteiger partial charge in [0.1, 0.15) is 11.5 Å². The summed E-state index contributed by atoms with van der Waals surface area (Å²) in [5, 5.41) is 0. The van der Waals surface area contributed by atoms with Crippen molar-refractivity contribution in [2.24, 2.45) is 5.92 Å². The van der Waals surface area contributed by atoms with Gasteiger partial charge in [0.15, 0.2) is 0 Å². The van der Waals surface area contributed by atoms with Crippen molar-refractivity contribution in [1.29, 1.82) is 0 Å². The van der Waals surface area contributed by atoms with Crippen LogP contribution in [0.15, 0.2) is 12.1 Å². The zero-order valence-electron chi connectivity index (χ0n) is 11.6. The van der Waals surface area contributed by atoms with Crippen LogP contribution in [0.25, 0.3) is 0 Å². The molecule has 1 saturated carbocycles. The van der Waals surface area contributed by atoms with E-state index < -0.39 is 12.1 Å². The van der Waals surface area contributed by atoms with Crippen molar-refractivity contribution in [3.05, 3.63) is 17.7 Å². The molecule has 0 unspecified atom stereocenters. The van der Waals surface area contributed by atoms with Crippen LogP contribution in [0.2, 0.25) is 0 Å². The number of rotatable bonds is 2. The van der Waals surface area contributed by atoms with E-state index in [9.17, 15) is 13.2 Å². The Bertz CT molecular complexity index is 522. The SMILES string of the molecule is Nc1cc(O[C@H]2CC[C@H](C(F)(F)F)CC2)cc2c1OCC2. The van der Waals surface area contributed by atoms with Crippen LogP contribution in [0.4, 0.5) is 18.9 Å². The first-order chi connectivity index (χ1) is 9.93. The maximum Gasteiger partial charge on any atom is 0.391 e. The zero-order chi connectivity index (χ0) is 15.0. The number of hydrogen-bond donors (Lipinski definition) is 1. The largest absolute Gasteiger partial charge is 0.491 e. The van der Waals surface area contributed by atoms with E-state index in [4.69, 9.17) is 15.2 Å². The highest BCUT2D eigenvalue weighted by Gasteiger charge is 2.41. The fourth-order valence-electron chi connectivity index (χ4n) is 3.08. The number of ether oxygens (including phenoxy) is 2. The molecule has 0 atom stereocenters. The summed E-state index contributed by atoms with van der Waals surface area (Å²) in [6, 6.07) is 3.58. The number of nitrogen functional groups attached to an aromatic ring is 1.